The Morgan fingerprint density at radius 3 is 1.91 bits per heavy atom. The van der Waals surface area contributed by atoms with Crippen LogP contribution in [-0.2, 0) is 19.1 Å². The predicted molar refractivity (Wildman–Crippen MR) is 80.3 cm³/mol. The second-order valence-corrected chi connectivity index (χ2v) is 5.15. The first-order chi connectivity index (χ1) is 10.8. The van der Waals surface area contributed by atoms with Crippen LogP contribution in [0, 0.1) is 0 Å². The maximum absolute atomic E-state index is 12.1. The van der Waals surface area contributed by atoms with Crippen molar-refractivity contribution < 1.29 is 33.3 Å². The van der Waals surface area contributed by atoms with Gasteiger partial charge in [-0.25, -0.2) is 9.59 Å². The Kier molecular flexibility index (Phi) is 4.49. The number of cyclic esters (lactones) is 2. The SMILES string of the molecule is COc1ccc(OC)c(OC)c1C=C1C(=O)OC(C)(C)OC1=O. The van der Waals surface area contributed by atoms with E-state index in [1.54, 1.807) is 12.1 Å². The van der Waals surface area contributed by atoms with Crippen molar-refractivity contribution in [1.29, 1.82) is 0 Å². The third-order valence-corrected chi connectivity index (χ3v) is 3.17. The maximum atomic E-state index is 12.1. The highest BCUT2D eigenvalue weighted by molar-refractivity contribution is 6.19. The van der Waals surface area contributed by atoms with E-state index in [1.165, 1.54) is 41.3 Å². The summed E-state index contributed by atoms with van der Waals surface area (Å²) in [6.07, 6.45) is 1.31. The summed E-state index contributed by atoms with van der Waals surface area (Å²) < 4.78 is 25.9. The number of benzene rings is 1. The second-order valence-electron chi connectivity index (χ2n) is 5.15. The smallest absolute Gasteiger partial charge is 0.348 e. The minimum atomic E-state index is -1.30. The molecular formula is C16H18O7. The van der Waals surface area contributed by atoms with Gasteiger partial charge in [-0.1, -0.05) is 0 Å². The summed E-state index contributed by atoms with van der Waals surface area (Å²) in [7, 11) is 4.39. The summed E-state index contributed by atoms with van der Waals surface area (Å²) in [5.41, 5.74) is 0.118. The number of hydrogen-bond donors (Lipinski definition) is 0. The molecule has 1 saturated heterocycles. The van der Waals surface area contributed by atoms with Crippen LogP contribution in [0.5, 0.6) is 17.2 Å². The van der Waals surface area contributed by atoms with E-state index in [-0.39, 0.29) is 5.57 Å². The van der Waals surface area contributed by atoms with E-state index in [2.05, 4.69) is 0 Å². The lowest BCUT2D eigenvalue weighted by molar-refractivity contribution is -0.222. The summed E-state index contributed by atoms with van der Waals surface area (Å²) >= 11 is 0. The highest BCUT2D eigenvalue weighted by Crippen LogP contribution is 2.39. The molecule has 124 valence electrons. The Bertz CT molecular complexity index is 651. The van der Waals surface area contributed by atoms with Crippen molar-refractivity contribution >= 4 is 18.0 Å². The van der Waals surface area contributed by atoms with Crippen LogP contribution in [0.1, 0.15) is 19.4 Å². The van der Waals surface area contributed by atoms with Crippen molar-refractivity contribution in [2.45, 2.75) is 19.6 Å². The first-order valence-electron chi connectivity index (χ1n) is 6.80. The van der Waals surface area contributed by atoms with Crippen LogP contribution < -0.4 is 14.2 Å². The molecule has 7 heteroatoms. The zero-order valence-corrected chi connectivity index (χ0v) is 13.6. The fourth-order valence-electron chi connectivity index (χ4n) is 2.17. The van der Waals surface area contributed by atoms with Crippen molar-refractivity contribution in [2.75, 3.05) is 21.3 Å². The van der Waals surface area contributed by atoms with Crippen LogP contribution in [0.4, 0.5) is 0 Å². The first kappa shape index (κ1) is 16.7. The molecule has 1 aromatic rings. The number of ether oxygens (including phenoxy) is 5. The molecular weight excluding hydrogens is 304 g/mol. The van der Waals surface area contributed by atoms with E-state index in [0.717, 1.165) is 0 Å². The van der Waals surface area contributed by atoms with Gasteiger partial charge in [-0.05, 0) is 18.2 Å². The van der Waals surface area contributed by atoms with Gasteiger partial charge in [0.2, 0.25) is 0 Å². The molecule has 0 unspecified atom stereocenters. The van der Waals surface area contributed by atoms with Gasteiger partial charge in [0, 0.05) is 13.8 Å². The van der Waals surface area contributed by atoms with Crippen LogP contribution in [0.3, 0.4) is 0 Å². The van der Waals surface area contributed by atoms with Crippen LogP contribution in [-0.4, -0.2) is 39.1 Å². The van der Waals surface area contributed by atoms with Gasteiger partial charge in [0.15, 0.2) is 11.5 Å². The molecule has 1 aliphatic rings. The number of carbonyl (C=O) groups is 2. The summed E-state index contributed by atoms with van der Waals surface area (Å²) in [5, 5.41) is 0. The zero-order chi connectivity index (χ0) is 17.2. The van der Waals surface area contributed by atoms with Crippen molar-refractivity contribution in [3.05, 3.63) is 23.3 Å². The number of hydrogen-bond acceptors (Lipinski definition) is 7. The number of rotatable bonds is 4. The van der Waals surface area contributed by atoms with Gasteiger partial charge in [-0.2, -0.15) is 0 Å². The lowest BCUT2D eigenvalue weighted by atomic mass is 10.1. The molecule has 0 bridgehead atoms. The lowest BCUT2D eigenvalue weighted by Gasteiger charge is -2.29. The Morgan fingerprint density at radius 2 is 1.43 bits per heavy atom. The molecule has 23 heavy (non-hydrogen) atoms. The van der Waals surface area contributed by atoms with Gasteiger partial charge in [0.25, 0.3) is 5.79 Å². The van der Waals surface area contributed by atoms with Gasteiger partial charge < -0.3 is 23.7 Å². The highest BCUT2D eigenvalue weighted by Gasteiger charge is 2.39. The summed E-state index contributed by atoms with van der Waals surface area (Å²) in [6, 6.07) is 3.29. The topological polar surface area (TPSA) is 80.3 Å². The number of carbonyl (C=O) groups excluding carboxylic acids is 2. The second kappa shape index (κ2) is 6.20. The van der Waals surface area contributed by atoms with Crippen LogP contribution in [0.2, 0.25) is 0 Å². The van der Waals surface area contributed by atoms with Crippen molar-refractivity contribution in [1.82, 2.24) is 0 Å². The Balaban J connectivity index is 2.58. The van der Waals surface area contributed by atoms with E-state index in [9.17, 15) is 9.59 Å². The van der Waals surface area contributed by atoms with Crippen molar-refractivity contribution in [3.8, 4) is 17.2 Å². The largest absolute Gasteiger partial charge is 0.496 e. The summed E-state index contributed by atoms with van der Waals surface area (Å²) in [4.78, 5) is 24.1. The Labute approximate surface area is 133 Å². The zero-order valence-electron chi connectivity index (χ0n) is 13.6. The number of methoxy groups -OCH3 is 3. The minimum absolute atomic E-state index is 0.255. The van der Waals surface area contributed by atoms with Gasteiger partial charge in [-0.15, -0.1) is 0 Å². The van der Waals surface area contributed by atoms with Crippen molar-refractivity contribution in [2.24, 2.45) is 0 Å². The molecule has 1 aliphatic heterocycles. The number of esters is 2. The molecule has 1 heterocycles. The van der Waals surface area contributed by atoms with E-state index in [1.807, 2.05) is 0 Å². The van der Waals surface area contributed by atoms with Crippen molar-refractivity contribution in [3.63, 3.8) is 0 Å². The maximum Gasteiger partial charge on any atom is 0.348 e. The quantitative estimate of drug-likeness (QED) is 0.476. The molecule has 1 fully saturated rings. The minimum Gasteiger partial charge on any atom is -0.496 e. The molecule has 0 N–H and O–H groups in total. The normalized spacial score (nSPS) is 16.3. The average molecular weight is 322 g/mol. The molecule has 0 spiro atoms. The van der Waals surface area contributed by atoms with E-state index in [4.69, 9.17) is 23.7 Å². The van der Waals surface area contributed by atoms with Gasteiger partial charge in [0.1, 0.15) is 11.3 Å². The van der Waals surface area contributed by atoms with Crippen LogP contribution in [0.25, 0.3) is 6.08 Å². The fourth-order valence-corrected chi connectivity index (χ4v) is 2.17. The highest BCUT2D eigenvalue weighted by atomic mass is 16.7. The Morgan fingerprint density at radius 1 is 0.913 bits per heavy atom. The summed E-state index contributed by atoms with van der Waals surface area (Å²) in [6.45, 7) is 2.96. The fraction of sp³-hybridized carbons (Fsp3) is 0.375. The molecule has 2 rings (SSSR count). The van der Waals surface area contributed by atoms with Crippen LogP contribution >= 0.6 is 0 Å². The lowest BCUT2D eigenvalue weighted by Crippen LogP contribution is -2.41. The molecule has 0 atom stereocenters. The molecule has 0 saturated carbocycles. The third-order valence-electron chi connectivity index (χ3n) is 3.17. The molecule has 0 radical (unpaired) electrons. The Hall–Kier alpha value is -2.70. The predicted octanol–water partition coefficient (Wildman–Crippen LogP) is 1.93. The molecule has 0 aliphatic carbocycles. The van der Waals surface area contributed by atoms with Gasteiger partial charge in [0.05, 0.1) is 26.9 Å². The molecule has 1 aromatic carbocycles. The van der Waals surface area contributed by atoms with Gasteiger partial charge in [-0.3, -0.25) is 0 Å². The standard InChI is InChI=1S/C16H18O7/c1-16(2)22-14(17)10(15(18)23-16)8-9-11(19-3)6-7-12(20-4)13(9)21-5/h6-8H,1-5H3. The molecule has 0 aromatic heterocycles. The van der Waals surface area contributed by atoms with E-state index >= 15 is 0 Å². The van der Waals surface area contributed by atoms with E-state index in [0.29, 0.717) is 22.8 Å². The first-order valence-corrected chi connectivity index (χ1v) is 6.80. The van der Waals surface area contributed by atoms with Gasteiger partial charge >= 0.3 is 11.9 Å². The monoisotopic (exact) mass is 322 g/mol. The van der Waals surface area contributed by atoms with Crippen LogP contribution in [0.15, 0.2) is 17.7 Å². The molecule has 0 amide bonds. The molecule has 7 nitrogen and oxygen atoms in total. The third kappa shape index (κ3) is 3.23. The summed E-state index contributed by atoms with van der Waals surface area (Å²) in [5.74, 6) is -1.70. The van der Waals surface area contributed by atoms with E-state index < -0.39 is 17.7 Å². The average Bonchev–Trinajstić information content (AvgIpc) is 2.48.